The number of carbonyl (C=O) groups is 3. The van der Waals surface area contributed by atoms with Crippen LogP contribution in [0.25, 0.3) is 0 Å². The third-order valence-corrected chi connectivity index (χ3v) is 11.3. The number of likely N-dealkylation sites (tertiary alicyclic amines) is 1. The number of rotatable bonds is 7. The van der Waals surface area contributed by atoms with E-state index in [2.05, 4.69) is 26.0 Å². The Bertz CT molecular complexity index is 1410. The molecule has 7 atom stereocenters. The van der Waals surface area contributed by atoms with Crippen LogP contribution in [0.1, 0.15) is 45.2 Å². The Kier molecular flexibility index (Phi) is 7.56. The Balaban J connectivity index is 1.52. The van der Waals surface area contributed by atoms with Crippen molar-refractivity contribution in [1.82, 2.24) is 9.80 Å². The van der Waals surface area contributed by atoms with Gasteiger partial charge in [0.1, 0.15) is 6.04 Å². The van der Waals surface area contributed by atoms with Crippen LogP contribution in [0.2, 0.25) is 0 Å². The lowest BCUT2D eigenvalue weighted by Crippen LogP contribution is -2.56. The van der Waals surface area contributed by atoms with Crippen molar-refractivity contribution in [1.29, 1.82) is 0 Å². The summed E-state index contributed by atoms with van der Waals surface area (Å²) in [6, 6.07) is 17.4. The summed E-state index contributed by atoms with van der Waals surface area (Å²) in [5.41, 5.74) is 1.55. The molecule has 6 rings (SSSR count). The zero-order chi connectivity index (χ0) is 29.6. The lowest BCUT2D eigenvalue weighted by molar-refractivity contribution is -0.147. The first-order chi connectivity index (χ1) is 20.3. The van der Waals surface area contributed by atoms with Crippen molar-refractivity contribution in [3.63, 3.8) is 0 Å². The SMILES string of the molecule is CCCC(C)N1CC=C[C@]23S[C@@]4(C)C=CCN(c5ccccc5)C(=O)[C@H]4[C@H]2C(=O)N([C@H](CO)c2ccccc2)C3C1=O. The van der Waals surface area contributed by atoms with Crippen LogP contribution in [0.4, 0.5) is 5.69 Å². The van der Waals surface area contributed by atoms with Gasteiger partial charge in [-0.15, -0.1) is 11.8 Å². The molecule has 2 unspecified atom stereocenters. The summed E-state index contributed by atoms with van der Waals surface area (Å²) in [7, 11) is 0. The van der Waals surface area contributed by atoms with Crippen molar-refractivity contribution in [3.05, 3.63) is 90.5 Å². The van der Waals surface area contributed by atoms with E-state index in [1.165, 1.54) is 0 Å². The van der Waals surface area contributed by atoms with E-state index in [0.717, 1.165) is 24.1 Å². The summed E-state index contributed by atoms with van der Waals surface area (Å²) in [5, 5.41) is 10.8. The van der Waals surface area contributed by atoms with E-state index < -0.39 is 33.4 Å². The van der Waals surface area contributed by atoms with Gasteiger partial charge in [-0.1, -0.05) is 86.2 Å². The molecule has 0 aromatic heterocycles. The number of fused-ring (bicyclic) bond motifs is 2. The fourth-order valence-corrected chi connectivity index (χ4v) is 9.80. The Morgan fingerprint density at radius 1 is 0.905 bits per heavy atom. The molecule has 4 heterocycles. The molecule has 220 valence electrons. The first-order valence-corrected chi connectivity index (χ1v) is 15.8. The number of amides is 3. The van der Waals surface area contributed by atoms with Crippen molar-refractivity contribution in [2.75, 3.05) is 24.6 Å². The van der Waals surface area contributed by atoms with E-state index in [1.807, 2.05) is 84.6 Å². The summed E-state index contributed by atoms with van der Waals surface area (Å²) < 4.78 is -1.66. The van der Waals surface area contributed by atoms with E-state index in [0.29, 0.717) is 13.1 Å². The van der Waals surface area contributed by atoms with E-state index in [1.54, 1.807) is 21.6 Å². The lowest BCUT2D eigenvalue weighted by atomic mass is 9.74. The second kappa shape index (κ2) is 11.0. The largest absolute Gasteiger partial charge is 0.394 e. The van der Waals surface area contributed by atoms with Crippen molar-refractivity contribution < 1.29 is 19.5 Å². The zero-order valence-electron chi connectivity index (χ0n) is 24.4. The fraction of sp³-hybridized carbons (Fsp3) is 0.441. The average molecular weight is 586 g/mol. The maximum absolute atomic E-state index is 14.9. The van der Waals surface area contributed by atoms with Crippen LogP contribution in [0.5, 0.6) is 0 Å². The van der Waals surface area contributed by atoms with Crippen molar-refractivity contribution in [2.45, 2.75) is 61.2 Å². The smallest absolute Gasteiger partial charge is 0.247 e. The number of hydrogen-bond acceptors (Lipinski definition) is 5. The van der Waals surface area contributed by atoms with E-state index in [4.69, 9.17) is 0 Å². The minimum Gasteiger partial charge on any atom is -0.394 e. The van der Waals surface area contributed by atoms with Crippen LogP contribution in [0.3, 0.4) is 0 Å². The third-order valence-electron chi connectivity index (χ3n) is 9.53. The minimum absolute atomic E-state index is 0.00910. The number of carbonyl (C=O) groups excluding carboxylic acids is 3. The minimum atomic E-state index is -0.962. The number of nitrogens with zero attached hydrogens (tertiary/aromatic N) is 3. The van der Waals surface area contributed by atoms with Gasteiger partial charge in [-0.05, 0) is 38.0 Å². The normalized spacial score (nSPS) is 31.9. The molecule has 0 bridgehead atoms. The summed E-state index contributed by atoms with van der Waals surface area (Å²) in [4.78, 5) is 49.4. The number of benzene rings is 2. The molecule has 8 heteroatoms. The molecule has 4 aliphatic rings. The van der Waals surface area contributed by atoms with Crippen molar-refractivity contribution >= 4 is 35.2 Å². The summed E-state index contributed by atoms with van der Waals surface area (Å²) in [5.74, 6) is -1.93. The molecule has 1 spiro atoms. The third kappa shape index (κ3) is 4.33. The summed E-state index contributed by atoms with van der Waals surface area (Å²) >= 11 is 1.58. The predicted molar refractivity (Wildman–Crippen MR) is 166 cm³/mol. The number of hydrogen-bond donors (Lipinski definition) is 1. The van der Waals surface area contributed by atoms with Gasteiger partial charge in [0.15, 0.2) is 0 Å². The molecule has 42 heavy (non-hydrogen) atoms. The Morgan fingerprint density at radius 2 is 1.57 bits per heavy atom. The van der Waals surface area contributed by atoms with Crippen LogP contribution in [-0.2, 0) is 14.4 Å². The molecule has 2 aromatic carbocycles. The molecule has 2 fully saturated rings. The Labute approximate surface area is 252 Å². The van der Waals surface area contributed by atoms with Crippen LogP contribution < -0.4 is 4.90 Å². The van der Waals surface area contributed by atoms with Gasteiger partial charge in [0.25, 0.3) is 0 Å². The molecule has 3 amide bonds. The zero-order valence-corrected chi connectivity index (χ0v) is 25.2. The van der Waals surface area contributed by atoms with Gasteiger partial charge in [-0.25, -0.2) is 0 Å². The standard InChI is InChI=1S/C34H39N3O4S/c1-4-13-23(2)35-20-12-19-34-28(31(40)37(29(34)32(35)41)26(22-38)24-14-7-5-8-15-24)27-30(39)36(25-16-9-6-10-17-25)21-11-18-33(27,3)42-34/h5-12,14-19,23,26-29,38H,4,13,20-22H2,1-3H3/t23?,26-,27-,28+,29?,33+,34+/m1/s1. The van der Waals surface area contributed by atoms with Gasteiger partial charge >= 0.3 is 0 Å². The maximum Gasteiger partial charge on any atom is 0.247 e. The second-order valence-corrected chi connectivity index (χ2v) is 13.9. The molecular weight excluding hydrogens is 546 g/mol. The van der Waals surface area contributed by atoms with Gasteiger partial charge in [-0.3, -0.25) is 14.4 Å². The Hall–Kier alpha value is -3.36. The molecule has 2 saturated heterocycles. The highest BCUT2D eigenvalue weighted by molar-refractivity contribution is 8.02. The number of thioether (sulfide) groups is 1. The van der Waals surface area contributed by atoms with Crippen LogP contribution >= 0.6 is 11.8 Å². The highest BCUT2D eigenvalue weighted by atomic mass is 32.2. The maximum atomic E-state index is 14.9. The molecule has 0 saturated carbocycles. The predicted octanol–water partition coefficient (Wildman–Crippen LogP) is 4.60. The first-order valence-electron chi connectivity index (χ1n) is 15.0. The van der Waals surface area contributed by atoms with Gasteiger partial charge in [0, 0.05) is 29.6 Å². The number of anilines is 1. The highest BCUT2D eigenvalue weighted by Crippen LogP contribution is 2.66. The molecule has 1 N–H and O–H groups in total. The van der Waals surface area contributed by atoms with Gasteiger partial charge in [0.05, 0.1) is 29.2 Å². The van der Waals surface area contributed by atoms with Crippen LogP contribution in [0.15, 0.2) is 85.0 Å². The van der Waals surface area contributed by atoms with Gasteiger partial charge in [0.2, 0.25) is 17.7 Å². The van der Waals surface area contributed by atoms with Gasteiger partial charge in [-0.2, -0.15) is 0 Å². The molecular formula is C34H39N3O4S. The van der Waals surface area contributed by atoms with Crippen molar-refractivity contribution in [2.24, 2.45) is 11.8 Å². The summed E-state index contributed by atoms with van der Waals surface area (Å²) in [6.45, 7) is 6.73. The highest BCUT2D eigenvalue weighted by Gasteiger charge is 2.74. The number of para-hydroxylation sites is 1. The molecule has 7 nitrogen and oxygen atoms in total. The topological polar surface area (TPSA) is 81.2 Å². The Morgan fingerprint density at radius 3 is 2.24 bits per heavy atom. The molecule has 4 aliphatic heterocycles. The monoisotopic (exact) mass is 585 g/mol. The van der Waals surface area contributed by atoms with Crippen molar-refractivity contribution in [3.8, 4) is 0 Å². The fourth-order valence-electron chi connectivity index (χ4n) is 7.65. The van der Waals surface area contributed by atoms with Crippen LogP contribution in [0, 0.1) is 11.8 Å². The average Bonchev–Trinajstić information content (AvgIpc) is 3.26. The van der Waals surface area contributed by atoms with E-state index in [-0.39, 0.29) is 30.4 Å². The van der Waals surface area contributed by atoms with Crippen LogP contribution in [-0.4, -0.2) is 73.9 Å². The second-order valence-electron chi connectivity index (χ2n) is 12.1. The number of aliphatic hydroxyl groups excluding tert-OH is 1. The molecule has 0 aliphatic carbocycles. The number of aliphatic hydroxyl groups is 1. The van der Waals surface area contributed by atoms with E-state index in [9.17, 15) is 19.5 Å². The summed E-state index contributed by atoms with van der Waals surface area (Å²) in [6.07, 6.45) is 9.95. The van der Waals surface area contributed by atoms with E-state index >= 15 is 0 Å². The first kappa shape index (κ1) is 28.7. The van der Waals surface area contributed by atoms with Gasteiger partial charge < -0.3 is 19.8 Å². The quantitative estimate of drug-likeness (QED) is 0.481. The molecule has 2 aromatic rings. The lowest BCUT2D eigenvalue weighted by Gasteiger charge is -2.41. The molecule has 0 radical (unpaired) electrons.